The fraction of sp³-hybridized carbons (Fsp3) is 0.292. The van der Waals surface area contributed by atoms with Crippen LogP contribution in [0.25, 0.3) is 0 Å². The zero-order valence-corrected chi connectivity index (χ0v) is 17.7. The molecule has 0 spiro atoms. The molecule has 1 amide bonds. The Morgan fingerprint density at radius 2 is 1.88 bits per heavy atom. The summed E-state index contributed by atoms with van der Waals surface area (Å²) in [5.41, 5.74) is 1.27. The summed E-state index contributed by atoms with van der Waals surface area (Å²) in [4.78, 5) is 26.0. The van der Waals surface area contributed by atoms with E-state index in [1.165, 1.54) is 12.1 Å². The maximum absolute atomic E-state index is 13.4. The molecule has 2 aliphatic rings. The Labute approximate surface area is 189 Å². The van der Waals surface area contributed by atoms with Crippen LogP contribution in [-0.4, -0.2) is 41.6 Å². The second-order valence-corrected chi connectivity index (χ2v) is 8.28. The lowest BCUT2D eigenvalue weighted by atomic mass is 9.82. The monoisotopic (exact) mass is 453 g/mol. The largest absolute Gasteiger partial charge is 0.416 e. The number of alkyl halides is 3. The third-order valence-corrected chi connectivity index (χ3v) is 6.29. The molecular formula is C24H22F3N5O. The van der Waals surface area contributed by atoms with Crippen LogP contribution >= 0.6 is 0 Å². The maximum atomic E-state index is 13.4. The lowest BCUT2D eigenvalue weighted by Gasteiger charge is -2.49. The number of aromatic nitrogens is 2. The second-order valence-electron chi connectivity index (χ2n) is 8.28. The number of anilines is 3. The van der Waals surface area contributed by atoms with Gasteiger partial charge in [-0.15, -0.1) is 0 Å². The van der Waals surface area contributed by atoms with Crippen LogP contribution in [0, 0.1) is 5.92 Å². The fourth-order valence-electron chi connectivity index (χ4n) is 4.72. The summed E-state index contributed by atoms with van der Waals surface area (Å²) in [6.07, 6.45) is 0.702. The molecule has 3 aromatic rings. The normalized spacial score (nSPS) is 20.1. The molecule has 6 nitrogen and oxygen atoms in total. The number of carbonyl (C=O) groups is 1. The smallest absolute Gasteiger partial charge is 0.364 e. The number of hydrogen-bond acceptors (Lipinski definition) is 5. The molecule has 9 heteroatoms. The van der Waals surface area contributed by atoms with Crippen LogP contribution in [0.2, 0.25) is 0 Å². The van der Waals surface area contributed by atoms with Gasteiger partial charge < -0.3 is 15.1 Å². The number of carbonyl (C=O) groups excluding carboxylic acids is 1. The van der Waals surface area contributed by atoms with Gasteiger partial charge in [-0.3, -0.25) is 9.78 Å². The summed E-state index contributed by atoms with van der Waals surface area (Å²) >= 11 is 0. The molecule has 2 aromatic carbocycles. The lowest BCUT2D eigenvalue weighted by Crippen LogP contribution is -2.60. The molecule has 170 valence electrons. The predicted molar refractivity (Wildman–Crippen MR) is 119 cm³/mol. The fourth-order valence-corrected chi connectivity index (χ4v) is 4.72. The van der Waals surface area contributed by atoms with E-state index in [-0.39, 0.29) is 18.4 Å². The molecule has 3 heterocycles. The van der Waals surface area contributed by atoms with Gasteiger partial charge in [0.15, 0.2) is 0 Å². The van der Waals surface area contributed by atoms with E-state index < -0.39 is 17.7 Å². The number of benzene rings is 2. The number of rotatable bonds is 3. The van der Waals surface area contributed by atoms with Gasteiger partial charge >= 0.3 is 6.18 Å². The molecule has 1 fully saturated rings. The molecule has 0 aliphatic carbocycles. The number of nitrogens with one attached hydrogen (secondary N) is 1. The number of nitrogens with zero attached hydrogens (tertiary/aromatic N) is 4. The third-order valence-electron chi connectivity index (χ3n) is 6.29. The first-order valence-electron chi connectivity index (χ1n) is 10.7. The highest BCUT2D eigenvalue weighted by atomic mass is 19.4. The summed E-state index contributed by atoms with van der Waals surface area (Å²) in [6, 6.07) is 12.7. The number of halogens is 3. The molecule has 0 saturated carbocycles. The van der Waals surface area contributed by atoms with E-state index in [0.717, 1.165) is 17.6 Å². The number of fused-ring (bicyclic) bond motifs is 3. The van der Waals surface area contributed by atoms with Crippen LogP contribution in [0.5, 0.6) is 0 Å². The highest BCUT2D eigenvalue weighted by Crippen LogP contribution is 2.40. The molecule has 1 saturated heterocycles. The number of para-hydroxylation sites is 1. The van der Waals surface area contributed by atoms with Crippen molar-refractivity contribution in [1.82, 2.24) is 9.97 Å². The molecule has 1 N–H and O–H groups in total. The van der Waals surface area contributed by atoms with Crippen molar-refractivity contribution in [2.24, 2.45) is 5.92 Å². The maximum Gasteiger partial charge on any atom is 0.416 e. The van der Waals surface area contributed by atoms with Crippen LogP contribution in [0.15, 0.2) is 67.1 Å². The van der Waals surface area contributed by atoms with E-state index in [4.69, 9.17) is 0 Å². The summed E-state index contributed by atoms with van der Waals surface area (Å²) in [7, 11) is 0. The first-order valence-corrected chi connectivity index (χ1v) is 10.7. The van der Waals surface area contributed by atoms with Crippen LogP contribution in [0.1, 0.15) is 11.1 Å². The van der Waals surface area contributed by atoms with Crippen LogP contribution in [-0.2, 0) is 17.4 Å². The van der Waals surface area contributed by atoms with Crippen molar-refractivity contribution >= 4 is 23.1 Å². The Hall–Kier alpha value is -3.62. The Balaban J connectivity index is 1.49. The minimum absolute atomic E-state index is 0.208. The van der Waals surface area contributed by atoms with Gasteiger partial charge in [-0.05, 0) is 42.3 Å². The summed E-state index contributed by atoms with van der Waals surface area (Å²) in [6.45, 7) is 1.71. The van der Waals surface area contributed by atoms with Gasteiger partial charge in [-0.25, -0.2) is 4.98 Å². The van der Waals surface area contributed by atoms with Crippen molar-refractivity contribution in [3.8, 4) is 0 Å². The Morgan fingerprint density at radius 1 is 1.06 bits per heavy atom. The predicted octanol–water partition coefficient (Wildman–Crippen LogP) is 4.00. The Kier molecular flexibility index (Phi) is 5.39. The van der Waals surface area contributed by atoms with Crippen molar-refractivity contribution in [2.75, 3.05) is 34.8 Å². The summed E-state index contributed by atoms with van der Waals surface area (Å²) in [5.74, 6) is -0.0153. The highest BCUT2D eigenvalue weighted by Gasteiger charge is 2.43. The molecule has 0 bridgehead atoms. The quantitative estimate of drug-likeness (QED) is 0.650. The minimum atomic E-state index is -4.43. The van der Waals surface area contributed by atoms with E-state index >= 15 is 0 Å². The van der Waals surface area contributed by atoms with Gasteiger partial charge in [0.2, 0.25) is 5.91 Å². The van der Waals surface area contributed by atoms with Gasteiger partial charge in [0.1, 0.15) is 5.82 Å². The zero-order chi connectivity index (χ0) is 23.0. The van der Waals surface area contributed by atoms with Gasteiger partial charge in [-0.1, -0.05) is 18.2 Å². The third kappa shape index (κ3) is 4.22. The van der Waals surface area contributed by atoms with Crippen molar-refractivity contribution in [3.05, 3.63) is 78.2 Å². The molecular weight excluding hydrogens is 431 g/mol. The van der Waals surface area contributed by atoms with Crippen molar-refractivity contribution < 1.29 is 18.0 Å². The highest BCUT2D eigenvalue weighted by molar-refractivity contribution is 5.94. The van der Waals surface area contributed by atoms with Gasteiger partial charge in [0, 0.05) is 43.4 Å². The van der Waals surface area contributed by atoms with E-state index in [9.17, 15) is 18.0 Å². The summed E-state index contributed by atoms with van der Waals surface area (Å²) < 4.78 is 40.1. The average Bonchev–Trinajstić information content (AvgIpc) is 2.83. The SMILES string of the molecule is O=C(Nc1ccccc1)[C@@H]1Cc2cc(C(F)(F)F)ccc2N2CCN(c3cnccn3)C[C@H]12. The topological polar surface area (TPSA) is 61.4 Å². The number of amides is 1. The Morgan fingerprint density at radius 3 is 2.61 bits per heavy atom. The molecule has 2 atom stereocenters. The second kappa shape index (κ2) is 8.38. The van der Waals surface area contributed by atoms with Crippen molar-refractivity contribution in [1.29, 1.82) is 0 Å². The molecule has 5 rings (SSSR count). The molecule has 2 aliphatic heterocycles. The van der Waals surface area contributed by atoms with E-state index in [0.29, 0.717) is 30.9 Å². The number of hydrogen-bond donors (Lipinski definition) is 1. The molecule has 33 heavy (non-hydrogen) atoms. The van der Waals surface area contributed by atoms with Crippen molar-refractivity contribution in [2.45, 2.75) is 18.6 Å². The first kappa shape index (κ1) is 21.2. The Bertz CT molecular complexity index is 1140. The first-order chi connectivity index (χ1) is 15.9. The minimum Gasteiger partial charge on any atom is -0.364 e. The molecule has 1 aromatic heterocycles. The van der Waals surface area contributed by atoms with Crippen molar-refractivity contribution in [3.63, 3.8) is 0 Å². The van der Waals surface area contributed by atoms with Crippen LogP contribution < -0.4 is 15.1 Å². The van der Waals surface area contributed by atoms with Crippen LogP contribution in [0.4, 0.5) is 30.4 Å². The van der Waals surface area contributed by atoms with E-state index in [1.54, 1.807) is 30.7 Å². The number of piperazine rings is 1. The van der Waals surface area contributed by atoms with Gasteiger partial charge in [0.05, 0.1) is 23.7 Å². The lowest BCUT2D eigenvalue weighted by molar-refractivity contribution is -0.137. The van der Waals surface area contributed by atoms with Gasteiger partial charge in [0.25, 0.3) is 0 Å². The zero-order valence-electron chi connectivity index (χ0n) is 17.7. The van der Waals surface area contributed by atoms with E-state index in [2.05, 4.69) is 25.1 Å². The summed E-state index contributed by atoms with van der Waals surface area (Å²) in [5, 5.41) is 2.94. The average molecular weight is 453 g/mol. The standard InChI is InChI=1S/C24H22F3N5O/c25-24(26,27)17-6-7-20-16(12-17)13-19(23(33)30-18-4-2-1-3-5-18)21-15-31(10-11-32(20)21)22-14-28-8-9-29-22/h1-9,12,14,19,21H,10-11,13,15H2,(H,30,33)/t19-,21-/m1/s1. The molecule has 0 unspecified atom stereocenters. The van der Waals surface area contributed by atoms with Crippen LogP contribution in [0.3, 0.4) is 0 Å². The van der Waals surface area contributed by atoms with Gasteiger partial charge in [-0.2, -0.15) is 13.2 Å². The molecule has 0 radical (unpaired) electrons. The van der Waals surface area contributed by atoms with E-state index in [1.807, 2.05) is 18.2 Å².